The number of carbonyl (C=O) groups is 1. The number of aromatic nitrogens is 3. The number of aromatic amines is 1. The van der Waals surface area contributed by atoms with Crippen LogP contribution in [0.1, 0.15) is 32.9 Å². The highest BCUT2D eigenvalue weighted by molar-refractivity contribution is 5.92. The molecule has 5 rings (SSSR count). The van der Waals surface area contributed by atoms with Gasteiger partial charge in [-0.15, -0.1) is 0 Å². The Morgan fingerprint density at radius 3 is 2.72 bits per heavy atom. The molecule has 4 heterocycles. The number of amides is 1. The molecule has 0 atom stereocenters. The van der Waals surface area contributed by atoms with Crippen molar-refractivity contribution in [2.45, 2.75) is 38.9 Å². The molecule has 9 nitrogen and oxygen atoms in total. The molecule has 1 fully saturated rings. The molecule has 2 aliphatic heterocycles. The number of likely N-dealkylation sites (tertiary alicyclic amines) is 1. The molecule has 0 spiro atoms. The highest BCUT2D eigenvalue weighted by Gasteiger charge is 2.26. The highest BCUT2D eigenvalue weighted by atomic mass is 19.1. The molecule has 0 unspecified atom stereocenters. The molecule has 190 valence electrons. The standard InChI is InChI=1S/C26H31FN6O3/c1-26(2,3)36-25(34)33-9-7-16(8-10-33)21-12-19-23(28-15-29-24(19)31-21)30-17-5-6-20(27)22(11-17)35-18-13-32(4)14-18/h5-7,11-12,15,18H,8-10,13-14H2,1-4H3,(H2,28,29,30,31). The fourth-order valence-corrected chi connectivity index (χ4v) is 4.32. The summed E-state index contributed by atoms with van der Waals surface area (Å²) >= 11 is 0. The van der Waals surface area contributed by atoms with Gasteiger partial charge in [0.2, 0.25) is 0 Å². The van der Waals surface area contributed by atoms with Crippen LogP contribution < -0.4 is 10.1 Å². The van der Waals surface area contributed by atoms with Crippen LogP contribution >= 0.6 is 0 Å². The summed E-state index contributed by atoms with van der Waals surface area (Å²) in [4.78, 5) is 28.3. The SMILES string of the molecule is CN1CC(Oc2cc(Nc3ncnc4[nH]c(C5=CCN(C(=O)OC(C)(C)C)CC5)cc34)ccc2F)C1. The Morgan fingerprint density at radius 1 is 1.22 bits per heavy atom. The van der Waals surface area contributed by atoms with E-state index in [9.17, 15) is 9.18 Å². The van der Waals surface area contributed by atoms with Crippen molar-refractivity contribution in [3.8, 4) is 5.75 Å². The summed E-state index contributed by atoms with van der Waals surface area (Å²) in [6.07, 6.45) is 3.89. The Balaban J connectivity index is 1.32. The first-order valence-electron chi connectivity index (χ1n) is 12.1. The van der Waals surface area contributed by atoms with E-state index in [2.05, 4.69) is 25.2 Å². The number of nitrogens with one attached hydrogen (secondary N) is 2. The van der Waals surface area contributed by atoms with E-state index in [0.717, 1.165) is 29.7 Å². The average Bonchev–Trinajstić information content (AvgIpc) is 3.25. The first-order chi connectivity index (χ1) is 17.1. The van der Waals surface area contributed by atoms with E-state index in [1.165, 1.54) is 12.4 Å². The van der Waals surface area contributed by atoms with Gasteiger partial charge in [0.05, 0.1) is 5.39 Å². The van der Waals surface area contributed by atoms with Crippen molar-refractivity contribution in [3.63, 3.8) is 0 Å². The number of hydrogen-bond donors (Lipinski definition) is 2. The lowest BCUT2D eigenvalue weighted by Gasteiger charge is -2.36. The van der Waals surface area contributed by atoms with Crippen LogP contribution in [0.4, 0.5) is 20.7 Å². The van der Waals surface area contributed by atoms with Gasteiger partial charge in [0.15, 0.2) is 11.6 Å². The minimum atomic E-state index is -0.522. The number of ether oxygens (including phenoxy) is 2. The van der Waals surface area contributed by atoms with Crippen molar-refractivity contribution in [1.29, 1.82) is 0 Å². The number of halogens is 1. The van der Waals surface area contributed by atoms with Gasteiger partial charge >= 0.3 is 6.09 Å². The van der Waals surface area contributed by atoms with Gasteiger partial charge in [-0.25, -0.2) is 19.2 Å². The first-order valence-corrected chi connectivity index (χ1v) is 12.1. The Labute approximate surface area is 209 Å². The molecule has 0 bridgehead atoms. The maximum Gasteiger partial charge on any atom is 0.410 e. The molecular weight excluding hydrogens is 463 g/mol. The third kappa shape index (κ3) is 5.28. The molecule has 1 amide bonds. The summed E-state index contributed by atoms with van der Waals surface area (Å²) in [7, 11) is 2.00. The van der Waals surface area contributed by atoms with Crippen LogP contribution in [0.3, 0.4) is 0 Å². The molecule has 36 heavy (non-hydrogen) atoms. The van der Waals surface area contributed by atoms with Gasteiger partial charge in [0.1, 0.15) is 29.5 Å². The lowest BCUT2D eigenvalue weighted by molar-refractivity contribution is 0.0270. The lowest BCUT2D eigenvalue weighted by Crippen LogP contribution is -2.51. The van der Waals surface area contributed by atoms with Crippen LogP contribution in [0.25, 0.3) is 16.6 Å². The number of fused-ring (bicyclic) bond motifs is 1. The third-order valence-corrected chi connectivity index (χ3v) is 6.15. The average molecular weight is 495 g/mol. The number of hydrogen-bond acceptors (Lipinski definition) is 7. The fourth-order valence-electron chi connectivity index (χ4n) is 4.32. The van der Waals surface area contributed by atoms with Crippen LogP contribution in [-0.2, 0) is 4.74 Å². The maximum absolute atomic E-state index is 14.3. The van der Waals surface area contributed by atoms with Crippen LogP contribution in [0, 0.1) is 5.82 Å². The predicted molar refractivity (Wildman–Crippen MR) is 136 cm³/mol. The number of carbonyl (C=O) groups excluding carboxylic acids is 1. The summed E-state index contributed by atoms with van der Waals surface area (Å²) < 4.78 is 25.6. The van der Waals surface area contributed by atoms with Gasteiger partial charge in [-0.3, -0.25) is 4.90 Å². The van der Waals surface area contributed by atoms with Gasteiger partial charge in [0, 0.05) is 43.6 Å². The van der Waals surface area contributed by atoms with E-state index in [-0.39, 0.29) is 17.9 Å². The van der Waals surface area contributed by atoms with E-state index in [1.54, 1.807) is 17.0 Å². The van der Waals surface area contributed by atoms with Crippen LogP contribution in [0.2, 0.25) is 0 Å². The highest BCUT2D eigenvalue weighted by Crippen LogP contribution is 2.31. The molecular formula is C26H31FN6O3. The summed E-state index contributed by atoms with van der Waals surface area (Å²) in [5.41, 5.74) is 2.86. The minimum absolute atomic E-state index is 0.00671. The van der Waals surface area contributed by atoms with Crippen LogP contribution in [0.15, 0.2) is 36.7 Å². The quantitative estimate of drug-likeness (QED) is 0.537. The smallest absolute Gasteiger partial charge is 0.410 e. The van der Waals surface area contributed by atoms with Crippen LogP contribution in [-0.4, -0.2) is 75.8 Å². The molecule has 0 saturated carbocycles. The second-order valence-electron chi connectivity index (χ2n) is 10.3. The minimum Gasteiger partial charge on any atom is -0.485 e. The van der Waals surface area contributed by atoms with Gasteiger partial charge in [-0.05, 0) is 58.0 Å². The summed E-state index contributed by atoms with van der Waals surface area (Å²) in [6.45, 7) is 8.19. The van der Waals surface area contributed by atoms with Gasteiger partial charge in [0.25, 0.3) is 0 Å². The second kappa shape index (κ2) is 9.42. The number of H-pyrrole nitrogens is 1. The predicted octanol–water partition coefficient (Wildman–Crippen LogP) is 4.56. The van der Waals surface area contributed by atoms with Gasteiger partial charge < -0.3 is 24.7 Å². The van der Waals surface area contributed by atoms with E-state index >= 15 is 0 Å². The molecule has 1 aromatic carbocycles. The summed E-state index contributed by atoms with van der Waals surface area (Å²) in [5.74, 6) is 0.437. The number of likely N-dealkylation sites (N-methyl/N-ethyl adjacent to an activating group) is 1. The molecule has 0 aliphatic carbocycles. The third-order valence-electron chi connectivity index (χ3n) is 6.15. The van der Waals surface area contributed by atoms with Gasteiger partial charge in [-0.2, -0.15) is 0 Å². The Kier molecular flexibility index (Phi) is 6.29. The topological polar surface area (TPSA) is 95.6 Å². The zero-order valence-corrected chi connectivity index (χ0v) is 21.0. The first kappa shape index (κ1) is 24.1. The number of rotatable bonds is 5. The zero-order chi connectivity index (χ0) is 25.4. The van der Waals surface area contributed by atoms with Crippen molar-refractivity contribution in [1.82, 2.24) is 24.8 Å². The van der Waals surface area contributed by atoms with Crippen LogP contribution in [0.5, 0.6) is 5.75 Å². The normalized spacial score (nSPS) is 17.0. The lowest BCUT2D eigenvalue weighted by atomic mass is 10.1. The molecule has 2 aliphatic rings. The molecule has 2 N–H and O–H groups in total. The van der Waals surface area contributed by atoms with E-state index in [0.29, 0.717) is 36.7 Å². The molecule has 1 saturated heterocycles. The van der Waals surface area contributed by atoms with Crippen molar-refractivity contribution < 1.29 is 18.7 Å². The number of anilines is 2. The van der Waals surface area contributed by atoms with Crippen molar-refractivity contribution in [3.05, 3.63) is 48.2 Å². The molecule has 0 radical (unpaired) electrons. The van der Waals surface area contributed by atoms with Crippen molar-refractivity contribution >= 4 is 34.2 Å². The summed E-state index contributed by atoms with van der Waals surface area (Å²) in [6, 6.07) is 6.71. The Bertz CT molecular complexity index is 1310. The van der Waals surface area contributed by atoms with Crippen molar-refractivity contribution in [2.24, 2.45) is 0 Å². The van der Waals surface area contributed by atoms with E-state index < -0.39 is 11.4 Å². The largest absolute Gasteiger partial charge is 0.485 e. The van der Waals surface area contributed by atoms with Crippen molar-refractivity contribution in [2.75, 3.05) is 38.5 Å². The fraction of sp³-hybridized carbons (Fsp3) is 0.423. The zero-order valence-electron chi connectivity index (χ0n) is 21.0. The maximum atomic E-state index is 14.3. The monoisotopic (exact) mass is 494 g/mol. The molecule has 3 aromatic rings. The molecule has 10 heteroatoms. The number of nitrogens with zero attached hydrogens (tertiary/aromatic N) is 4. The second-order valence-corrected chi connectivity index (χ2v) is 10.3. The summed E-state index contributed by atoms with van der Waals surface area (Å²) in [5, 5.41) is 4.09. The molecule has 2 aromatic heterocycles. The number of benzene rings is 1. The van der Waals surface area contributed by atoms with Gasteiger partial charge in [-0.1, -0.05) is 6.08 Å². The van der Waals surface area contributed by atoms with E-state index in [4.69, 9.17) is 9.47 Å². The Morgan fingerprint density at radius 2 is 2.03 bits per heavy atom. The Hall–Kier alpha value is -3.66. The van der Waals surface area contributed by atoms with E-state index in [1.807, 2.05) is 40.0 Å².